The second kappa shape index (κ2) is 7.13. The summed E-state index contributed by atoms with van der Waals surface area (Å²) < 4.78 is 53.1. The van der Waals surface area contributed by atoms with Gasteiger partial charge in [-0.15, -0.1) is 0 Å². The summed E-state index contributed by atoms with van der Waals surface area (Å²) in [6, 6.07) is 4.05. The molecule has 1 aromatic rings. The van der Waals surface area contributed by atoms with Crippen LogP contribution in [0.2, 0.25) is 0 Å². The number of hydrogen-bond acceptors (Lipinski definition) is 7. The van der Waals surface area contributed by atoms with Gasteiger partial charge in [0.1, 0.15) is 0 Å². The van der Waals surface area contributed by atoms with Gasteiger partial charge >= 0.3 is 0 Å². The number of para-hydroxylation sites is 1. The maximum atomic E-state index is 12.2. The van der Waals surface area contributed by atoms with Gasteiger partial charge in [0, 0.05) is 12.1 Å². The van der Waals surface area contributed by atoms with E-state index in [-0.39, 0.29) is 6.42 Å². The Morgan fingerprint density at radius 1 is 1.27 bits per heavy atom. The summed E-state index contributed by atoms with van der Waals surface area (Å²) in [5, 5.41) is 10.9. The van der Waals surface area contributed by atoms with Gasteiger partial charge in [-0.3, -0.25) is 14.3 Å². The molecule has 1 rings (SSSR count). The molecule has 11 heteroatoms. The molecule has 124 valence electrons. The van der Waals surface area contributed by atoms with Crippen molar-refractivity contribution in [3.8, 4) is 0 Å². The van der Waals surface area contributed by atoms with E-state index in [1.165, 1.54) is 12.1 Å². The average Bonchev–Trinajstić information content (AvgIpc) is 2.42. The molecule has 0 saturated heterocycles. The van der Waals surface area contributed by atoms with Crippen LogP contribution in [0.5, 0.6) is 0 Å². The van der Waals surface area contributed by atoms with Gasteiger partial charge in [0.05, 0.1) is 17.8 Å². The monoisotopic (exact) mass is 352 g/mol. The molecule has 0 spiro atoms. The van der Waals surface area contributed by atoms with Gasteiger partial charge in [0.2, 0.25) is 10.0 Å². The first-order valence-corrected chi connectivity index (χ1v) is 9.47. The lowest BCUT2D eigenvalue weighted by Crippen LogP contribution is -2.38. The Morgan fingerprint density at radius 3 is 2.36 bits per heavy atom. The van der Waals surface area contributed by atoms with Crippen molar-refractivity contribution < 1.29 is 25.9 Å². The first-order chi connectivity index (χ1) is 10.1. The number of sulfonamides is 1. The molecule has 0 heterocycles. The van der Waals surface area contributed by atoms with Gasteiger partial charge in [-0.2, -0.15) is 8.42 Å². The lowest BCUT2D eigenvalue weighted by Gasteiger charge is -2.16. The molecule has 0 bridgehead atoms. The largest absolute Gasteiger partial charge is 0.289 e. The van der Waals surface area contributed by atoms with Crippen molar-refractivity contribution in [1.29, 1.82) is 0 Å². The third-order valence-corrected chi connectivity index (χ3v) is 4.78. The molecule has 0 unspecified atom stereocenters. The maximum absolute atomic E-state index is 12.2. The Morgan fingerprint density at radius 2 is 1.86 bits per heavy atom. The van der Waals surface area contributed by atoms with E-state index in [1.54, 1.807) is 6.92 Å². The molecule has 0 aliphatic carbocycles. The molecule has 0 amide bonds. The zero-order valence-corrected chi connectivity index (χ0v) is 13.6. The van der Waals surface area contributed by atoms with E-state index in [2.05, 4.69) is 8.91 Å². The molecule has 1 N–H and O–H groups in total. The molecular weight excluding hydrogens is 336 g/mol. The number of rotatable bonds is 8. The predicted octanol–water partition coefficient (Wildman–Crippen LogP) is 0.628. The Kier molecular flexibility index (Phi) is 6.00. The summed E-state index contributed by atoms with van der Waals surface area (Å²) in [5.74, 6) is 0. The number of nitro benzene ring substituents is 1. The predicted molar refractivity (Wildman–Crippen MR) is 78.3 cm³/mol. The van der Waals surface area contributed by atoms with Crippen molar-refractivity contribution in [2.45, 2.75) is 24.3 Å². The van der Waals surface area contributed by atoms with Crippen molar-refractivity contribution in [3.63, 3.8) is 0 Å². The van der Waals surface area contributed by atoms with Crippen LogP contribution in [0, 0.1) is 10.1 Å². The van der Waals surface area contributed by atoms with Crippen molar-refractivity contribution in [3.05, 3.63) is 34.4 Å². The molecular formula is C11H16N2O7S2. The second-order valence-corrected chi connectivity index (χ2v) is 7.77. The topological polar surface area (TPSA) is 133 Å². The Bertz CT molecular complexity index is 743. The summed E-state index contributed by atoms with van der Waals surface area (Å²) in [5.41, 5.74) is -0.561. The first kappa shape index (κ1) is 18.5. The highest BCUT2D eigenvalue weighted by Crippen LogP contribution is 2.23. The summed E-state index contributed by atoms with van der Waals surface area (Å²) >= 11 is 0. The number of hydrogen-bond donors (Lipinski definition) is 1. The third-order valence-electron chi connectivity index (χ3n) is 2.65. The molecule has 1 atom stereocenters. The lowest BCUT2D eigenvalue weighted by molar-refractivity contribution is -0.387. The molecule has 1 aromatic carbocycles. The molecule has 0 saturated carbocycles. The highest BCUT2D eigenvalue weighted by atomic mass is 32.2. The average molecular weight is 352 g/mol. The number of nitro groups is 1. The Hall–Kier alpha value is -1.56. The van der Waals surface area contributed by atoms with Crippen LogP contribution in [0.4, 0.5) is 5.69 Å². The number of nitrogens with one attached hydrogen (secondary N) is 1. The minimum absolute atomic E-state index is 0.245. The summed E-state index contributed by atoms with van der Waals surface area (Å²) in [6.45, 7) is 1.23. The molecule has 0 radical (unpaired) electrons. The molecule has 0 aromatic heterocycles. The normalized spacial score (nSPS) is 13.7. The van der Waals surface area contributed by atoms with Gasteiger partial charge < -0.3 is 0 Å². The molecule has 22 heavy (non-hydrogen) atoms. The van der Waals surface area contributed by atoms with Crippen molar-refractivity contribution in [2.24, 2.45) is 0 Å². The minimum Gasteiger partial charge on any atom is -0.269 e. The Labute approximate surface area is 128 Å². The van der Waals surface area contributed by atoms with Crippen LogP contribution in [0.15, 0.2) is 29.2 Å². The highest BCUT2D eigenvalue weighted by molar-refractivity contribution is 7.89. The van der Waals surface area contributed by atoms with Gasteiger partial charge in [0.25, 0.3) is 15.8 Å². The first-order valence-electron chi connectivity index (χ1n) is 6.17. The van der Waals surface area contributed by atoms with Crippen LogP contribution in [0.3, 0.4) is 0 Å². The van der Waals surface area contributed by atoms with E-state index in [1.807, 2.05) is 0 Å². The van der Waals surface area contributed by atoms with Gasteiger partial charge in [-0.25, -0.2) is 13.1 Å². The summed E-state index contributed by atoms with van der Waals surface area (Å²) in [7, 11) is -7.90. The van der Waals surface area contributed by atoms with Crippen molar-refractivity contribution in [2.75, 3.05) is 12.9 Å². The van der Waals surface area contributed by atoms with Gasteiger partial charge in [-0.1, -0.05) is 19.1 Å². The zero-order chi connectivity index (χ0) is 17.0. The Balaban J connectivity index is 3.02. The standard InChI is InChI=1S/C11H16N2O7S2/c1-3-9(8-20-21(2,16)17)12-22(18,19)11-7-5-4-6-10(11)13(14)15/h4-7,9,12H,3,8H2,1-2H3/t9-/m1/s1. The molecule has 0 fully saturated rings. The van der Waals surface area contributed by atoms with Crippen LogP contribution in [-0.4, -0.2) is 40.7 Å². The van der Waals surface area contributed by atoms with Crippen LogP contribution in [-0.2, 0) is 24.3 Å². The van der Waals surface area contributed by atoms with E-state index >= 15 is 0 Å². The smallest absolute Gasteiger partial charge is 0.269 e. The number of benzene rings is 1. The van der Waals surface area contributed by atoms with E-state index in [0.29, 0.717) is 0 Å². The maximum Gasteiger partial charge on any atom is 0.289 e. The number of nitrogens with zero attached hydrogens (tertiary/aromatic N) is 1. The fourth-order valence-corrected chi connectivity index (χ4v) is 3.45. The summed E-state index contributed by atoms with van der Waals surface area (Å²) in [6.07, 6.45) is 1.09. The van der Waals surface area contributed by atoms with Crippen molar-refractivity contribution >= 4 is 25.8 Å². The van der Waals surface area contributed by atoms with E-state index in [9.17, 15) is 26.9 Å². The molecule has 9 nitrogen and oxygen atoms in total. The van der Waals surface area contributed by atoms with Crippen LogP contribution in [0.25, 0.3) is 0 Å². The SMILES string of the molecule is CC[C@H](COS(C)(=O)=O)NS(=O)(=O)c1ccccc1[N+](=O)[O-]. The van der Waals surface area contributed by atoms with E-state index < -0.39 is 48.3 Å². The fourth-order valence-electron chi connectivity index (χ4n) is 1.56. The summed E-state index contributed by atoms with van der Waals surface area (Å²) in [4.78, 5) is 9.60. The van der Waals surface area contributed by atoms with Gasteiger partial charge in [0.15, 0.2) is 4.90 Å². The zero-order valence-electron chi connectivity index (χ0n) is 11.9. The van der Waals surface area contributed by atoms with Crippen molar-refractivity contribution in [1.82, 2.24) is 4.72 Å². The minimum atomic E-state index is -4.18. The van der Waals surface area contributed by atoms with Gasteiger partial charge in [-0.05, 0) is 12.5 Å². The van der Waals surface area contributed by atoms with E-state index in [4.69, 9.17) is 0 Å². The van der Waals surface area contributed by atoms with E-state index in [0.717, 1.165) is 18.4 Å². The second-order valence-electron chi connectivity index (χ2n) is 4.44. The quantitative estimate of drug-likeness (QED) is 0.412. The third kappa shape index (κ3) is 5.33. The van der Waals surface area contributed by atoms with Crippen LogP contribution >= 0.6 is 0 Å². The van der Waals surface area contributed by atoms with Crippen LogP contribution < -0.4 is 4.72 Å². The fraction of sp³-hybridized carbons (Fsp3) is 0.455. The molecule has 0 aliphatic heterocycles. The molecule has 0 aliphatic rings. The highest BCUT2D eigenvalue weighted by Gasteiger charge is 2.27. The lowest BCUT2D eigenvalue weighted by atomic mass is 10.3. The van der Waals surface area contributed by atoms with Crippen LogP contribution in [0.1, 0.15) is 13.3 Å².